The van der Waals surface area contributed by atoms with Crippen LogP contribution < -0.4 is 14.8 Å². The van der Waals surface area contributed by atoms with E-state index < -0.39 is 10.2 Å². The topological polar surface area (TPSA) is 70.2 Å². The first-order valence-corrected chi connectivity index (χ1v) is 9.98. The Hall–Kier alpha value is -0.660. The SMILES string of the molecule is C[C@]1(CCCCNS(=O)(=O)NCc2ccc(Cl)cc2)CCCN1. The molecule has 1 aromatic rings. The largest absolute Gasteiger partial charge is 0.312 e. The molecule has 0 radical (unpaired) electrons. The highest BCUT2D eigenvalue weighted by atomic mass is 35.5. The van der Waals surface area contributed by atoms with Gasteiger partial charge in [0.25, 0.3) is 10.2 Å². The Labute approximate surface area is 144 Å². The number of halogens is 1. The van der Waals surface area contributed by atoms with E-state index in [0.29, 0.717) is 11.6 Å². The molecule has 0 aromatic heterocycles. The second-order valence-corrected chi connectivity index (χ2v) is 8.41. The van der Waals surface area contributed by atoms with Gasteiger partial charge in [0.2, 0.25) is 0 Å². The number of benzene rings is 1. The molecule has 1 heterocycles. The van der Waals surface area contributed by atoms with Crippen LogP contribution in [0, 0.1) is 0 Å². The smallest absolute Gasteiger partial charge is 0.277 e. The van der Waals surface area contributed by atoms with Crippen molar-refractivity contribution in [2.75, 3.05) is 13.1 Å². The van der Waals surface area contributed by atoms with E-state index in [1.165, 1.54) is 12.8 Å². The van der Waals surface area contributed by atoms with Crippen LogP contribution in [0.4, 0.5) is 0 Å². The zero-order chi connectivity index (χ0) is 16.8. The summed E-state index contributed by atoms with van der Waals surface area (Å²) in [5.41, 5.74) is 1.12. The molecule has 5 nitrogen and oxygen atoms in total. The highest BCUT2D eigenvalue weighted by Gasteiger charge is 2.26. The number of hydrogen-bond donors (Lipinski definition) is 3. The lowest BCUT2D eigenvalue weighted by molar-refractivity contribution is 0.369. The van der Waals surface area contributed by atoms with Gasteiger partial charge in [-0.3, -0.25) is 0 Å². The normalized spacial score (nSPS) is 21.7. The Morgan fingerprint density at radius 2 is 1.96 bits per heavy atom. The van der Waals surface area contributed by atoms with Crippen molar-refractivity contribution in [3.8, 4) is 0 Å². The van der Waals surface area contributed by atoms with Gasteiger partial charge in [0.1, 0.15) is 0 Å². The molecule has 130 valence electrons. The summed E-state index contributed by atoms with van der Waals surface area (Å²) in [7, 11) is -3.45. The predicted molar refractivity (Wildman–Crippen MR) is 94.7 cm³/mol. The minimum Gasteiger partial charge on any atom is -0.312 e. The van der Waals surface area contributed by atoms with Gasteiger partial charge >= 0.3 is 0 Å². The Morgan fingerprint density at radius 3 is 2.61 bits per heavy atom. The lowest BCUT2D eigenvalue weighted by atomic mass is 9.93. The average molecular weight is 360 g/mol. The average Bonchev–Trinajstić information content (AvgIpc) is 2.93. The lowest BCUT2D eigenvalue weighted by Gasteiger charge is -2.24. The fourth-order valence-corrected chi connectivity index (χ4v) is 3.85. The van der Waals surface area contributed by atoms with Gasteiger partial charge in [-0.15, -0.1) is 0 Å². The first-order valence-electron chi connectivity index (χ1n) is 8.12. The molecular weight excluding hydrogens is 334 g/mol. The zero-order valence-corrected chi connectivity index (χ0v) is 15.1. The van der Waals surface area contributed by atoms with Crippen LogP contribution in [0.3, 0.4) is 0 Å². The summed E-state index contributed by atoms with van der Waals surface area (Å²) in [5.74, 6) is 0. The van der Waals surface area contributed by atoms with E-state index in [1.54, 1.807) is 24.3 Å². The van der Waals surface area contributed by atoms with Gasteiger partial charge in [-0.2, -0.15) is 13.1 Å². The standard InChI is InChI=1S/C16H26ClN3O2S/c1-16(10-4-11-18-16)9-2-3-12-19-23(21,22)20-13-14-5-7-15(17)8-6-14/h5-8,18-20H,2-4,9-13H2,1H3/t16-/m0/s1. The van der Waals surface area contributed by atoms with Crippen LogP contribution in [-0.2, 0) is 16.8 Å². The number of rotatable bonds is 9. The van der Waals surface area contributed by atoms with E-state index in [-0.39, 0.29) is 12.1 Å². The molecule has 1 aliphatic heterocycles. The second kappa shape index (κ2) is 8.44. The quantitative estimate of drug-likeness (QED) is 0.593. The maximum absolute atomic E-state index is 11.9. The summed E-state index contributed by atoms with van der Waals surface area (Å²) in [6.45, 7) is 4.07. The molecule has 0 saturated carbocycles. The van der Waals surface area contributed by atoms with Crippen LogP contribution in [0.15, 0.2) is 24.3 Å². The monoisotopic (exact) mass is 359 g/mol. The van der Waals surface area contributed by atoms with E-state index in [4.69, 9.17) is 11.6 Å². The third kappa shape index (κ3) is 6.77. The molecule has 2 rings (SSSR count). The molecule has 0 bridgehead atoms. The summed E-state index contributed by atoms with van der Waals surface area (Å²) in [6.07, 6.45) is 5.40. The maximum atomic E-state index is 11.9. The van der Waals surface area contributed by atoms with Crippen molar-refractivity contribution >= 4 is 21.8 Å². The first kappa shape index (κ1) is 18.7. The van der Waals surface area contributed by atoms with Crippen molar-refractivity contribution in [3.05, 3.63) is 34.9 Å². The van der Waals surface area contributed by atoms with Gasteiger partial charge in [-0.1, -0.05) is 30.2 Å². The fraction of sp³-hybridized carbons (Fsp3) is 0.625. The van der Waals surface area contributed by atoms with E-state index >= 15 is 0 Å². The fourth-order valence-electron chi connectivity index (χ4n) is 2.85. The van der Waals surface area contributed by atoms with Gasteiger partial charge in [-0.25, -0.2) is 4.72 Å². The maximum Gasteiger partial charge on any atom is 0.277 e. The molecule has 1 aromatic carbocycles. The Kier molecular flexibility index (Phi) is 6.85. The van der Waals surface area contributed by atoms with Crippen molar-refractivity contribution in [2.24, 2.45) is 0 Å². The van der Waals surface area contributed by atoms with Crippen LogP contribution >= 0.6 is 11.6 Å². The van der Waals surface area contributed by atoms with E-state index in [2.05, 4.69) is 21.7 Å². The first-order chi connectivity index (χ1) is 10.9. The summed E-state index contributed by atoms with van der Waals surface area (Å²) in [4.78, 5) is 0. The van der Waals surface area contributed by atoms with Crippen molar-refractivity contribution in [1.82, 2.24) is 14.8 Å². The molecule has 3 N–H and O–H groups in total. The molecule has 23 heavy (non-hydrogen) atoms. The van der Waals surface area contributed by atoms with Crippen LogP contribution in [0.25, 0.3) is 0 Å². The van der Waals surface area contributed by atoms with E-state index in [9.17, 15) is 8.42 Å². The predicted octanol–water partition coefficient (Wildman–Crippen LogP) is 2.58. The van der Waals surface area contributed by atoms with Gasteiger partial charge in [-0.05, 0) is 56.8 Å². The van der Waals surface area contributed by atoms with Gasteiger partial charge in [0, 0.05) is 23.7 Å². The summed E-state index contributed by atoms with van der Waals surface area (Å²) in [6, 6.07) is 7.10. The Morgan fingerprint density at radius 1 is 1.22 bits per heavy atom. The molecular formula is C16H26ClN3O2S. The number of unbranched alkanes of at least 4 members (excludes halogenated alkanes) is 1. The van der Waals surface area contributed by atoms with Gasteiger partial charge in [0.05, 0.1) is 0 Å². The van der Waals surface area contributed by atoms with Crippen molar-refractivity contribution < 1.29 is 8.42 Å². The zero-order valence-electron chi connectivity index (χ0n) is 13.6. The molecule has 1 atom stereocenters. The molecule has 1 saturated heterocycles. The second-order valence-electron chi connectivity index (χ2n) is 6.39. The lowest BCUT2D eigenvalue weighted by Crippen LogP contribution is -2.37. The third-order valence-corrected chi connectivity index (χ3v) is 5.64. The van der Waals surface area contributed by atoms with E-state index in [0.717, 1.165) is 31.4 Å². The number of nitrogens with one attached hydrogen (secondary N) is 3. The van der Waals surface area contributed by atoms with Gasteiger partial charge in [0.15, 0.2) is 0 Å². The Balaban J connectivity index is 1.62. The van der Waals surface area contributed by atoms with Crippen LogP contribution in [0.1, 0.15) is 44.6 Å². The molecule has 1 fully saturated rings. The Bertz CT molecular complexity index is 584. The van der Waals surface area contributed by atoms with Crippen LogP contribution in [0.5, 0.6) is 0 Å². The molecule has 0 aliphatic carbocycles. The summed E-state index contributed by atoms with van der Waals surface area (Å²) >= 11 is 5.80. The molecule has 1 aliphatic rings. The van der Waals surface area contributed by atoms with Crippen molar-refractivity contribution in [2.45, 2.75) is 51.1 Å². The minimum atomic E-state index is -3.45. The highest BCUT2D eigenvalue weighted by molar-refractivity contribution is 7.87. The van der Waals surface area contributed by atoms with Crippen molar-refractivity contribution in [3.63, 3.8) is 0 Å². The highest BCUT2D eigenvalue weighted by Crippen LogP contribution is 2.24. The summed E-state index contributed by atoms with van der Waals surface area (Å²) < 4.78 is 28.9. The van der Waals surface area contributed by atoms with Gasteiger partial charge < -0.3 is 5.32 Å². The van der Waals surface area contributed by atoms with Crippen LogP contribution in [-0.4, -0.2) is 27.0 Å². The molecule has 0 spiro atoms. The molecule has 0 unspecified atom stereocenters. The van der Waals surface area contributed by atoms with Crippen LogP contribution in [0.2, 0.25) is 5.02 Å². The van der Waals surface area contributed by atoms with Crippen molar-refractivity contribution in [1.29, 1.82) is 0 Å². The van der Waals surface area contributed by atoms with E-state index in [1.807, 2.05) is 0 Å². The third-order valence-electron chi connectivity index (χ3n) is 4.28. The summed E-state index contributed by atoms with van der Waals surface area (Å²) in [5, 5.41) is 4.16. The molecule has 7 heteroatoms. The molecule has 0 amide bonds. The number of hydrogen-bond acceptors (Lipinski definition) is 3. The minimum absolute atomic E-state index is 0.242.